The number of amides is 1. The molecule has 0 unspecified atom stereocenters. The number of hydrogen-bond acceptors (Lipinski definition) is 4. The van der Waals surface area contributed by atoms with Gasteiger partial charge in [0, 0.05) is 0 Å². The maximum absolute atomic E-state index is 13.6. The van der Waals surface area contributed by atoms with Crippen LogP contribution in [0.1, 0.15) is 0 Å². The van der Waals surface area contributed by atoms with E-state index in [1.807, 2.05) is 0 Å². The van der Waals surface area contributed by atoms with E-state index >= 15 is 0 Å². The first-order chi connectivity index (χ1) is 8.91. The number of rotatable bonds is 2. The van der Waals surface area contributed by atoms with Crippen molar-refractivity contribution < 1.29 is 28.9 Å². The molecular formula is C11H7ClFNO5. The molecule has 1 heterocycles. The molecule has 0 aliphatic rings. The topological polar surface area (TPSA) is 103 Å². The van der Waals surface area contributed by atoms with Crippen molar-refractivity contribution in [3.63, 3.8) is 0 Å². The fourth-order valence-corrected chi connectivity index (χ4v) is 1.73. The smallest absolute Gasteiger partial charge is 0.411 e. The quantitative estimate of drug-likeness (QED) is 0.679. The van der Waals surface area contributed by atoms with Crippen molar-refractivity contribution in [2.24, 2.45) is 0 Å². The summed E-state index contributed by atoms with van der Waals surface area (Å²) >= 11 is 5.77. The molecule has 0 fully saturated rings. The maximum Gasteiger partial charge on any atom is 0.411 e. The zero-order valence-corrected chi connectivity index (χ0v) is 9.90. The van der Waals surface area contributed by atoms with E-state index in [-0.39, 0.29) is 10.6 Å². The third-order valence-electron chi connectivity index (χ3n) is 2.27. The van der Waals surface area contributed by atoms with Crippen LogP contribution in [0.15, 0.2) is 22.6 Å². The highest BCUT2D eigenvalue weighted by atomic mass is 35.5. The third-order valence-corrected chi connectivity index (χ3v) is 2.58. The highest BCUT2D eigenvalue weighted by molar-refractivity contribution is 6.33. The van der Waals surface area contributed by atoms with Gasteiger partial charge in [0.25, 0.3) is 0 Å². The van der Waals surface area contributed by atoms with Crippen molar-refractivity contribution in [1.29, 1.82) is 0 Å². The van der Waals surface area contributed by atoms with Gasteiger partial charge in [-0.1, -0.05) is 17.7 Å². The van der Waals surface area contributed by atoms with Crippen molar-refractivity contribution in [3.8, 4) is 22.8 Å². The third kappa shape index (κ3) is 2.27. The Morgan fingerprint density at radius 1 is 1.32 bits per heavy atom. The molecule has 0 aliphatic carbocycles. The van der Waals surface area contributed by atoms with E-state index in [4.69, 9.17) is 21.1 Å². The van der Waals surface area contributed by atoms with E-state index < -0.39 is 35.1 Å². The maximum atomic E-state index is 13.6. The Morgan fingerprint density at radius 3 is 2.58 bits per heavy atom. The molecule has 2 rings (SSSR count). The van der Waals surface area contributed by atoms with Gasteiger partial charge >= 0.3 is 6.09 Å². The first-order valence-corrected chi connectivity index (χ1v) is 5.28. The Morgan fingerprint density at radius 2 is 2.00 bits per heavy atom. The second kappa shape index (κ2) is 4.69. The number of benzene rings is 1. The molecule has 2 aromatic rings. The van der Waals surface area contributed by atoms with E-state index in [2.05, 4.69) is 0 Å². The van der Waals surface area contributed by atoms with Crippen molar-refractivity contribution in [2.75, 3.05) is 5.32 Å². The lowest BCUT2D eigenvalue weighted by atomic mass is 10.1. The summed E-state index contributed by atoms with van der Waals surface area (Å²) in [5, 5.41) is 29.3. The summed E-state index contributed by atoms with van der Waals surface area (Å²) in [6.07, 6.45) is -1.52. The van der Waals surface area contributed by atoms with E-state index in [0.29, 0.717) is 0 Å². The summed E-state index contributed by atoms with van der Waals surface area (Å²) in [7, 11) is 0. The molecule has 0 saturated heterocycles. The van der Waals surface area contributed by atoms with Crippen LogP contribution < -0.4 is 5.32 Å². The summed E-state index contributed by atoms with van der Waals surface area (Å²) in [6.45, 7) is 0. The Balaban J connectivity index is 2.61. The number of halogens is 2. The van der Waals surface area contributed by atoms with Crippen molar-refractivity contribution in [3.05, 3.63) is 29.0 Å². The Labute approximate surface area is 110 Å². The number of carbonyl (C=O) groups is 1. The van der Waals surface area contributed by atoms with Crippen LogP contribution in [0.25, 0.3) is 11.3 Å². The summed E-state index contributed by atoms with van der Waals surface area (Å²) in [6, 6.07) is 3.77. The van der Waals surface area contributed by atoms with E-state index in [1.165, 1.54) is 12.1 Å². The number of aromatic hydroxyl groups is 2. The van der Waals surface area contributed by atoms with Gasteiger partial charge in [-0.3, -0.25) is 5.32 Å². The molecule has 6 nitrogen and oxygen atoms in total. The standard InChI is InChI=1S/C11H7ClFNO5/c12-4-2-1-3-5(13)6(4)9-7(15)8(16)10(19-9)14-11(17)18/h1-3,14-16H,(H,17,18). The van der Waals surface area contributed by atoms with Gasteiger partial charge in [-0.15, -0.1) is 0 Å². The number of furan rings is 1. The van der Waals surface area contributed by atoms with Gasteiger partial charge < -0.3 is 19.7 Å². The second-order valence-corrected chi connectivity index (χ2v) is 3.89. The first-order valence-electron chi connectivity index (χ1n) is 4.91. The molecule has 1 aromatic carbocycles. The van der Waals surface area contributed by atoms with E-state index in [9.17, 15) is 19.4 Å². The number of carboxylic acid groups (broad SMARTS) is 1. The van der Waals surface area contributed by atoms with Gasteiger partial charge in [-0.05, 0) is 12.1 Å². The molecular weight excluding hydrogens is 281 g/mol. The molecule has 0 spiro atoms. The zero-order chi connectivity index (χ0) is 14.2. The van der Waals surface area contributed by atoms with Crippen LogP contribution in [-0.2, 0) is 0 Å². The second-order valence-electron chi connectivity index (χ2n) is 3.48. The van der Waals surface area contributed by atoms with Crippen LogP contribution in [-0.4, -0.2) is 21.4 Å². The summed E-state index contributed by atoms with van der Waals surface area (Å²) in [4.78, 5) is 10.4. The predicted molar refractivity (Wildman–Crippen MR) is 64.1 cm³/mol. The lowest BCUT2D eigenvalue weighted by Crippen LogP contribution is -2.06. The lowest BCUT2D eigenvalue weighted by Gasteiger charge is -2.02. The van der Waals surface area contributed by atoms with Crippen molar-refractivity contribution in [1.82, 2.24) is 0 Å². The van der Waals surface area contributed by atoms with Crippen LogP contribution in [0, 0.1) is 5.82 Å². The minimum absolute atomic E-state index is 0.0640. The molecule has 8 heteroatoms. The molecule has 19 heavy (non-hydrogen) atoms. The van der Waals surface area contributed by atoms with E-state index in [0.717, 1.165) is 6.07 Å². The minimum atomic E-state index is -1.52. The van der Waals surface area contributed by atoms with Gasteiger partial charge in [0.15, 0.2) is 5.76 Å². The molecule has 100 valence electrons. The Bertz CT molecular complexity index is 635. The largest absolute Gasteiger partial charge is 0.502 e. The van der Waals surface area contributed by atoms with Crippen LogP contribution >= 0.6 is 11.6 Å². The molecule has 0 aliphatic heterocycles. The van der Waals surface area contributed by atoms with E-state index in [1.54, 1.807) is 5.32 Å². The number of hydrogen-bond donors (Lipinski definition) is 4. The van der Waals surface area contributed by atoms with Crippen LogP contribution in [0.5, 0.6) is 11.5 Å². The molecule has 0 bridgehead atoms. The van der Waals surface area contributed by atoms with Gasteiger partial charge in [-0.25, -0.2) is 9.18 Å². The van der Waals surface area contributed by atoms with Gasteiger partial charge in [0.2, 0.25) is 17.4 Å². The normalized spacial score (nSPS) is 10.4. The van der Waals surface area contributed by atoms with Gasteiger partial charge in [0.05, 0.1) is 10.6 Å². The highest BCUT2D eigenvalue weighted by Crippen LogP contribution is 2.47. The lowest BCUT2D eigenvalue weighted by molar-refractivity contribution is 0.209. The minimum Gasteiger partial charge on any atom is -0.502 e. The number of nitrogens with one attached hydrogen (secondary N) is 1. The van der Waals surface area contributed by atoms with Crippen LogP contribution in [0.3, 0.4) is 0 Å². The molecule has 0 atom stereocenters. The summed E-state index contributed by atoms with van der Waals surface area (Å²) in [5.41, 5.74) is -0.282. The van der Waals surface area contributed by atoms with Gasteiger partial charge in [-0.2, -0.15) is 0 Å². The molecule has 1 aromatic heterocycles. The highest BCUT2D eigenvalue weighted by Gasteiger charge is 2.25. The first kappa shape index (κ1) is 13.0. The fraction of sp³-hybridized carbons (Fsp3) is 0. The molecule has 4 N–H and O–H groups in total. The van der Waals surface area contributed by atoms with Crippen molar-refractivity contribution in [2.45, 2.75) is 0 Å². The van der Waals surface area contributed by atoms with Crippen LogP contribution in [0.4, 0.5) is 15.1 Å². The van der Waals surface area contributed by atoms with Gasteiger partial charge in [0.1, 0.15) is 5.82 Å². The monoisotopic (exact) mass is 287 g/mol. The number of anilines is 1. The molecule has 1 amide bonds. The Hall–Kier alpha value is -2.41. The zero-order valence-electron chi connectivity index (χ0n) is 9.15. The fourth-order valence-electron chi connectivity index (χ4n) is 1.48. The average Bonchev–Trinajstić information content (AvgIpc) is 2.57. The predicted octanol–water partition coefficient (Wildman–Crippen LogP) is 3.24. The average molecular weight is 288 g/mol. The summed E-state index contributed by atoms with van der Waals surface area (Å²) < 4.78 is 18.5. The van der Waals surface area contributed by atoms with Crippen molar-refractivity contribution >= 4 is 23.6 Å². The Kier molecular flexibility index (Phi) is 3.22. The SMILES string of the molecule is O=C(O)Nc1oc(-c2c(F)cccc2Cl)c(O)c1O. The molecule has 0 radical (unpaired) electrons. The summed E-state index contributed by atoms with van der Waals surface area (Å²) in [5.74, 6) is -3.55. The van der Waals surface area contributed by atoms with Crippen LogP contribution in [0.2, 0.25) is 5.02 Å². The molecule has 0 saturated carbocycles.